The number of nitrogens with one attached hydrogen (secondary N) is 1. The lowest BCUT2D eigenvalue weighted by Crippen LogP contribution is -2.48. The molecule has 2 fully saturated rings. The fraction of sp³-hybridized carbons (Fsp3) is 0.500. The van der Waals surface area contributed by atoms with Gasteiger partial charge in [-0.05, 0) is 18.2 Å². The van der Waals surface area contributed by atoms with Crippen LogP contribution in [0.5, 0.6) is 0 Å². The van der Waals surface area contributed by atoms with E-state index >= 15 is 0 Å². The van der Waals surface area contributed by atoms with Gasteiger partial charge in [0.2, 0.25) is 0 Å². The van der Waals surface area contributed by atoms with Crippen molar-refractivity contribution < 1.29 is 14.3 Å². The number of ether oxygens (including phenoxy) is 2. The van der Waals surface area contributed by atoms with Gasteiger partial charge in [-0.3, -0.25) is 0 Å². The van der Waals surface area contributed by atoms with E-state index in [9.17, 15) is 4.79 Å². The third-order valence-corrected chi connectivity index (χ3v) is 3.94. The SMILES string of the molecule is O=C(Nc1cccc(Cl)c1)N1CCC2(CC1)OCCO2. The van der Waals surface area contributed by atoms with Crippen LogP contribution in [0.2, 0.25) is 5.02 Å². The molecule has 0 bridgehead atoms. The number of hydrogen-bond donors (Lipinski definition) is 1. The third kappa shape index (κ3) is 2.90. The van der Waals surface area contributed by atoms with E-state index in [1.807, 2.05) is 12.1 Å². The van der Waals surface area contributed by atoms with Crippen LogP contribution in [-0.2, 0) is 9.47 Å². The van der Waals surface area contributed by atoms with E-state index in [-0.39, 0.29) is 6.03 Å². The standard InChI is InChI=1S/C14H17ClN2O3/c15-11-2-1-3-12(10-11)16-13(18)17-6-4-14(5-7-17)19-8-9-20-14/h1-3,10H,4-9H2,(H,16,18). The van der Waals surface area contributed by atoms with Crippen LogP contribution in [-0.4, -0.2) is 43.0 Å². The molecule has 1 spiro atoms. The first-order valence-corrected chi connectivity index (χ1v) is 7.14. The number of piperidine rings is 1. The topological polar surface area (TPSA) is 50.8 Å². The molecule has 1 aromatic carbocycles. The second-order valence-corrected chi connectivity index (χ2v) is 5.47. The Morgan fingerprint density at radius 3 is 2.60 bits per heavy atom. The number of likely N-dealkylation sites (tertiary alicyclic amines) is 1. The molecule has 0 aliphatic carbocycles. The zero-order valence-corrected chi connectivity index (χ0v) is 11.9. The molecule has 2 heterocycles. The largest absolute Gasteiger partial charge is 0.347 e. The summed E-state index contributed by atoms with van der Waals surface area (Å²) in [6.07, 6.45) is 1.44. The van der Waals surface area contributed by atoms with E-state index in [0.29, 0.717) is 37.0 Å². The lowest BCUT2D eigenvalue weighted by atomic mass is 10.0. The smallest absolute Gasteiger partial charge is 0.321 e. The highest BCUT2D eigenvalue weighted by molar-refractivity contribution is 6.30. The van der Waals surface area contributed by atoms with Gasteiger partial charge in [0.15, 0.2) is 5.79 Å². The van der Waals surface area contributed by atoms with Crippen LogP contribution >= 0.6 is 11.6 Å². The minimum absolute atomic E-state index is 0.111. The molecule has 0 radical (unpaired) electrons. The van der Waals surface area contributed by atoms with Crippen LogP contribution in [0.4, 0.5) is 10.5 Å². The summed E-state index contributed by atoms with van der Waals surface area (Å²) >= 11 is 5.90. The van der Waals surface area contributed by atoms with Crippen molar-refractivity contribution in [2.75, 3.05) is 31.6 Å². The zero-order valence-electron chi connectivity index (χ0n) is 11.1. The van der Waals surface area contributed by atoms with Gasteiger partial charge in [0.25, 0.3) is 0 Å². The summed E-state index contributed by atoms with van der Waals surface area (Å²) in [5.41, 5.74) is 0.705. The molecule has 3 rings (SSSR count). The second kappa shape index (κ2) is 5.60. The van der Waals surface area contributed by atoms with Gasteiger partial charge >= 0.3 is 6.03 Å². The van der Waals surface area contributed by atoms with E-state index in [4.69, 9.17) is 21.1 Å². The van der Waals surface area contributed by atoms with E-state index in [2.05, 4.69) is 5.32 Å². The molecule has 1 aromatic rings. The van der Waals surface area contributed by atoms with Gasteiger partial charge < -0.3 is 19.7 Å². The van der Waals surface area contributed by atoms with Crippen LogP contribution in [0, 0.1) is 0 Å². The van der Waals surface area contributed by atoms with Gasteiger partial charge in [-0.2, -0.15) is 0 Å². The normalized spacial score (nSPS) is 21.1. The average Bonchev–Trinajstić information content (AvgIpc) is 2.88. The maximum atomic E-state index is 12.2. The maximum absolute atomic E-state index is 12.2. The molecule has 0 atom stereocenters. The van der Waals surface area contributed by atoms with Crippen LogP contribution < -0.4 is 5.32 Å². The zero-order chi connectivity index (χ0) is 14.0. The van der Waals surface area contributed by atoms with Gasteiger partial charge in [-0.15, -0.1) is 0 Å². The van der Waals surface area contributed by atoms with Gasteiger partial charge in [0, 0.05) is 36.6 Å². The van der Waals surface area contributed by atoms with E-state index < -0.39 is 5.79 Å². The Balaban J connectivity index is 1.56. The summed E-state index contributed by atoms with van der Waals surface area (Å²) in [6.45, 7) is 2.56. The number of carbonyl (C=O) groups excluding carboxylic acids is 1. The molecule has 0 unspecified atom stereocenters. The number of nitrogens with zero attached hydrogens (tertiary/aromatic N) is 1. The highest BCUT2D eigenvalue weighted by atomic mass is 35.5. The number of halogens is 1. The number of anilines is 1. The molecule has 20 heavy (non-hydrogen) atoms. The molecule has 108 valence electrons. The predicted molar refractivity (Wildman–Crippen MR) is 75.9 cm³/mol. The first-order chi connectivity index (χ1) is 9.67. The number of amides is 2. The quantitative estimate of drug-likeness (QED) is 0.867. The Kier molecular flexibility index (Phi) is 3.83. The number of carbonyl (C=O) groups is 1. The highest BCUT2D eigenvalue weighted by Crippen LogP contribution is 2.31. The first-order valence-electron chi connectivity index (χ1n) is 6.76. The summed E-state index contributed by atoms with van der Waals surface area (Å²) in [5, 5.41) is 3.46. The lowest BCUT2D eigenvalue weighted by molar-refractivity contribution is -0.181. The van der Waals surface area contributed by atoms with Crippen LogP contribution in [0.25, 0.3) is 0 Å². The molecular weight excluding hydrogens is 280 g/mol. The Labute approximate surface area is 122 Å². The Morgan fingerprint density at radius 1 is 1.25 bits per heavy atom. The van der Waals surface area contributed by atoms with Crippen molar-refractivity contribution >= 4 is 23.3 Å². The van der Waals surface area contributed by atoms with E-state index in [1.54, 1.807) is 17.0 Å². The molecule has 0 aromatic heterocycles. The molecule has 2 amide bonds. The molecule has 2 saturated heterocycles. The molecule has 2 aliphatic heterocycles. The van der Waals surface area contributed by atoms with Crippen molar-refractivity contribution in [3.63, 3.8) is 0 Å². The molecule has 6 heteroatoms. The average molecular weight is 297 g/mol. The Morgan fingerprint density at radius 2 is 1.95 bits per heavy atom. The Hall–Kier alpha value is -1.30. The van der Waals surface area contributed by atoms with Gasteiger partial charge in [0.05, 0.1) is 13.2 Å². The molecule has 0 saturated carbocycles. The van der Waals surface area contributed by atoms with Crippen LogP contribution in [0.3, 0.4) is 0 Å². The van der Waals surface area contributed by atoms with Crippen LogP contribution in [0.1, 0.15) is 12.8 Å². The Bertz CT molecular complexity index is 493. The number of rotatable bonds is 1. The summed E-state index contributed by atoms with van der Waals surface area (Å²) < 4.78 is 11.3. The summed E-state index contributed by atoms with van der Waals surface area (Å²) in [7, 11) is 0. The van der Waals surface area contributed by atoms with Crippen molar-refractivity contribution in [1.29, 1.82) is 0 Å². The summed E-state index contributed by atoms with van der Waals surface area (Å²) in [5.74, 6) is -0.452. The first kappa shape index (κ1) is 13.7. The molecule has 2 aliphatic rings. The van der Waals surface area contributed by atoms with Gasteiger partial charge in [0.1, 0.15) is 0 Å². The van der Waals surface area contributed by atoms with Crippen molar-refractivity contribution in [3.8, 4) is 0 Å². The third-order valence-electron chi connectivity index (χ3n) is 3.70. The molecular formula is C14H17ClN2O3. The summed E-state index contributed by atoms with van der Waals surface area (Å²) in [4.78, 5) is 13.9. The highest BCUT2D eigenvalue weighted by Gasteiger charge is 2.40. The number of hydrogen-bond acceptors (Lipinski definition) is 3. The van der Waals surface area contributed by atoms with E-state index in [1.165, 1.54) is 0 Å². The molecule has 1 N–H and O–H groups in total. The minimum atomic E-state index is -0.452. The van der Waals surface area contributed by atoms with Gasteiger partial charge in [-0.1, -0.05) is 17.7 Å². The number of urea groups is 1. The fourth-order valence-electron chi connectivity index (χ4n) is 2.60. The fourth-order valence-corrected chi connectivity index (χ4v) is 2.80. The van der Waals surface area contributed by atoms with Crippen molar-refractivity contribution in [2.24, 2.45) is 0 Å². The maximum Gasteiger partial charge on any atom is 0.321 e. The van der Waals surface area contributed by atoms with Crippen LogP contribution in [0.15, 0.2) is 24.3 Å². The number of benzene rings is 1. The van der Waals surface area contributed by atoms with Crippen molar-refractivity contribution in [1.82, 2.24) is 4.90 Å². The lowest BCUT2D eigenvalue weighted by Gasteiger charge is -2.37. The molecule has 5 nitrogen and oxygen atoms in total. The van der Waals surface area contributed by atoms with E-state index in [0.717, 1.165) is 12.8 Å². The van der Waals surface area contributed by atoms with Crippen molar-refractivity contribution in [2.45, 2.75) is 18.6 Å². The predicted octanol–water partition coefficient (Wildman–Crippen LogP) is 2.71. The summed E-state index contributed by atoms with van der Waals surface area (Å²) in [6, 6.07) is 7.02. The monoisotopic (exact) mass is 296 g/mol. The van der Waals surface area contributed by atoms with Gasteiger partial charge in [-0.25, -0.2) is 4.79 Å². The van der Waals surface area contributed by atoms with Crippen molar-refractivity contribution in [3.05, 3.63) is 29.3 Å². The second-order valence-electron chi connectivity index (χ2n) is 5.04. The minimum Gasteiger partial charge on any atom is -0.347 e.